The quantitative estimate of drug-likeness (QED) is 0.382. The molecule has 3 rings (SSSR count). The van der Waals surface area contributed by atoms with Gasteiger partial charge in [-0.2, -0.15) is 0 Å². The zero-order valence-electron chi connectivity index (χ0n) is 15.3. The Bertz CT molecular complexity index is 686. The van der Waals surface area contributed by atoms with Crippen LogP contribution >= 0.6 is 12.2 Å². The van der Waals surface area contributed by atoms with Gasteiger partial charge in [-0.25, -0.2) is 0 Å². The number of benzene rings is 1. The van der Waals surface area contributed by atoms with Crippen LogP contribution in [-0.4, -0.2) is 72.9 Å². The molecule has 1 saturated heterocycles. The molecule has 9 heteroatoms. The summed E-state index contributed by atoms with van der Waals surface area (Å²) >= 11 is 5.47. The van der Waals surface area contributed by atoms with Crippen molar-refractivity contribution in [2.24, 2.45) is 5.92 Å². The van der Waals surface area contributed by atoms with Crippen molar-refractivity contribution in [3.05, 3.63) is 24.3 Å². The van der Waals surface area contributed by atoms with Gasteiger partial charge in [-0.3, -0.25) is 4.79 Å². The monoisotopic (exact) mass is 395 g/mol. The Morgan fingerprint density at radius 3 is 2.67 bits per heavy atom. The number of rotatable bonds is 6. The molecule has 1 aliphatic heterocycles. The van der Waals surface area contributed by atoms with Crippen LogP contribution in [0.5, 0.6) is 5.75 Å². The molecular weight excluding hydrogens is 370 g/mol. The van der Waals surface area contributed by atoms with E-state index in [1.54, 1.807) is 14.2 Å². The van der Waals surface area contributed by atoms with E-state index in [9.17, 15) is 15.0 Å². The first-order chi connectivity index (χ1) is 13.0. The fourth-order valence-electron chi connectivity index (χ4n) is 3.79. The van der Waals surface area contributed by atoms with Gasteiger partial charge in [0.25, 0.3) is 0 Å². The molecule has 1 aromatic carbocycles. The van der Waals surface area contributed by atoms with E-state index < -0.39 is 30.2 Å². The summed E-state index contributed by atoms with van der Waals surface area (Å²) in [5.41, 5.74) is 0.791. The third-order valence-corrected chi connectivity index (χ3v) is 5.45. The summed E-state index contributed by atoms with van der Waals surface area (Å²) in [7, 11) is 3.15. The molecule has 1 aromatic rings. The van der Waals surface area contributed by atoms with Crippen LogP contribution in [-0.2, 0) is 9.53 Å². The number of methoxy groups -OCH3 is 2. The van der Waals surface area contributed by atoms with Crippen molar-refractivity contribution < 1.29 is 24.5 Å². The lowest BCUT2D eigenvalue weighted by molar-refractivity contribution is -0.131. The molecule has 2 fully saturated rings. The number of carbonyl (C=O) groups is 1. The second-order valence-electron chi connectivity index (χ2n) is 6.72. The van der Waals surface area contributed by atoms with Crippen LogP contribution in [0.1, 0.15) is 6.42 Å². The second kappa shape index (κ2) is 8.39. The summed E-state index contributed by atoms with van der Waals surface area (Å²) in [6.07, 6.45) is -1.87. The molecule has 8 nitrogen and oxygen atoms in total. The van der Waals surface area contributed by atoms with Crippen LogP contribution in [0.4, 0.5) is 5.69 Å². The van der Waals surface area contributed by atoms with E-state index in [2.05, 4.69) is 10.6 Å². The highest BCUT2D eigenvalue weighted by Crippen LogP contribution is 2.37. The Kier molecular flexibility index (Phi) is 6.15. The van der Waals surface area contributed by atoms with Crippen molar-refractivity contribution in [3.63, 3.8) is 0 Å². The summed E-state index contributed by atoms with van der Waals surface area (Å²) in [6, 6.07) is 6.38. The molecule has 148 valence electrons. The van der Waals surface area contributed by atoms with Crippen molar-refractivity contribution in [1.82, 2.24) is 10.6 Å². The van der Waals surface area contributed by atoms with Gasteiger partial charge in [0.1, 0.15) is 11.9 Å². The first-order valence-electron chi connectivity index (χ1n) is 8.84. The second-order valence-corrected chi connectivity index (χ2v) is 7.10. The first-order valence-corrected chi connectivity index (χ1v) is 9.25. The van der Waals surface area contributed by atoms with Crippen LogP contribution in [0.3, 0.4) is 0 Å². The molecular formula is C18H25N3O5S. The Morgan fingerprint density at radius 1 is 1.33 bits per heavy atom. The number of nitrogens with zero attached hydrogens (tertiary/aromatic N) is 1. The van der Waals surface area contributed by atoms with E-state index in [0.717, 1.165) is 5.69 Å². The van der Waals surface area contributed by atoms with Crippen molar-refractivity contribution >= 4 is 28.9 Å². The fourth-order valence-corrected chi connectivity index (χ4v) is 4.15. The van der Waals surface area contributed by atoms with Crippen molar-refractivity contribution in [1.29, 1.82) is 0 Å². The van der Waals surface area contributed by atoms with Gasteiger partial charge in [0.05, 0.1) is 37.8 Å². The highest BCUT2D eigenvalue weighted by molar-refractivity contribution is 7.80. The molecule has 0 aromatic heterocycles. The van der Waals surface area contributed by atoms with Crippen LogP contribution in [0.15, 0.2) is 24.3 Å². The third kappa shape index (κ3) is 3.86. The number of fused-ring (bicyclic) bond motifs is 1. The Morgan fingerprint density at radius 2 is 2.04 bits per heavy atom. The van der Waals surface area contributed by atoms with Crippen LogP contribution < -0.4 is 20.3 Å². The van der Waals surface area contributed by atoms with Crippen molar-refractivity contribution in [2.75, 3.05) is 32.3 Å². The molecule has 2 aliphatic rings. The lowest BCUT2D eigenvalue weighted by Gasteiger charge is -2.41. The lowest BCUT2D eigenvalue weighted by Crippen LogP contribution is -2.61. The Hall–Kier alpha value is -1.94. The molecule has 1 amide bonds. The average Bonchev–Trinajstić information content (AvgIpc) is 3.02. The highest BCUT2D eigenvalue weighted by atomic mass is 32.1. The molecule has 4 N–H and O–H groups in total. The van der Waals surface area contributed by atoms with E-state index in [4.69, 9.17) is 21.7 Å². The first kappa shape index (κ1) is 19.8. The molecule has 0 spiro atoms. The predicted octanol–water partition coefficient (Wildman–Crippen LogP) is -0.369. The predicted molar refractivity (Wildman–Crippen MR) is 104 cm³/mol. The molecule has 1 saturated carbocycles. The summed E-state index contributed by atoms with van der Waals surface area (Å²) in [4.78, 5) is 14.6. The summed E-state index contributed by atoms with van der Waals surface area (Å²) in [5.74, 6) is -0.0281. The van der Waals surface area contributed by atoms with Gasteiger partial charge in [0, 0.05) is 19.3 Å². The summed E-state index contributed by atoms with van der Waals surface area (Å²) in [6.45, 7) is 0.777. The number of anilines is 1. The maximum atomic E-state index is 12.8. The number of nitrogens with one attached hydrogen (secondary N) is 2. The van der Waals surface area contributed by atoms with E-state index in [1.165, 1.54) is 0 Å². The van der Waals surface area contributed by atoms with Crippen LogP contribution in [0, 0.1) is 5.92 Å². The van der Waals surface area contributed by atoms with Gasteiger partial charge in [0.15, 0.2) is 5.11 Å². The maximum Gasteiger partial charge on any atom is 0.225 e. The minimum Gasteiger partial charge on any atom is -0.497 e. The number of thiocarbonyl (C=S) groups is 1. The number of aliphatic hydroxyl groups excluding tert-OH is 2. The number of amides is 1. The number of hydrogen-bond donors (Lipinski definition) is 4. The molecule has 0 radical (unpaired) electrons. The molecule has 1 aliphatic carbocycles. The van der Waals surface area contributed by atoms with E-state index in [1.807, 2.05) is 29.2 Å². The number of carbonyl (C=O) groups excluding carboxylic acids is 1. The van der Waals surface area contributed by atoms with E-state index in [-0.39, 0.29) is 12.3 Å². The molecule has 0 unspecified atom stereocenters. The Labute approximate surface area is 163 Å². The lowest BCUT2D eigenvalue weighted by atomic mass is 9.77. The average molecular weight is 395 g/mol. The normalized spacial score (nSPS) is 29.9. The fraction of sp³-hybridized carbons (Fsp3) is 0.556. The molecule has 27 heavy (non-hydrogen) atoms. The SMILES string of the molecule is COCCNC(=O)[C@@H]1C[C@@H](O)[C@H](O)[C@@H]2NC(=S)N(c3ccc(OC)cc3)[C@@H]21. The standard InChI is InChI=1S/C18H25N3O5S/c1-25-8-7-19-17(24)12-9-13(22)16(23)14-15(12)21(18(27)20-14)10-3-5-11(26-2)6-4-10/h3-6,12-16,22-23H,7-9H2,1-2H3,(H,19,24)(H,20,27)/t12-,13-,14-,15-,16+/m1/s1. The molecule has 1 heterocycles. The van der Waals surface area contributed by atoms with Crippen LogP contribution in [0.25, 0.3) is 0 Å². The summed E-state index contributed by atoms with van der Waals surface area (Å²) < 4.78 is 10.2. The summed E-state index contributed by atoms with van der Waals surface area (Å²) in [5, 5.41) is 27.0. The van der Waals surface area contributed by atoms with Crippen LogP contribution in [0.2, 0.25) is 0 Å². The minimum atomic E-state index is -1.01. The number of ether oxygens (including phenoxy) is 2. The van der Waals surface area contributed by atoms with Gasteiger partial charge < -0.3 is 35.2 Å². The van der Waals surface area contributed by atoms with E-state index >= 15 is 0 Å². The third-order valence-electron chi connectivity index (χ3n) is 5.14. The van der Waals surface area contributed by atoms with Gasteiger partial charge in [-0.05, 0) is 42.9 Å². The minimum absolute atomic E-state index is 0.151. The van der Waals surface area contributed by atoms with Crippen molar-refractivity contribution in [3.8, 4) is 5.75 Å². The molecule has 5 atom stereocenters. The van der Waals surface area contributed by atoms with Gasteiger partial charge in [-0.1, -0.05) is 0 Å². The van der Waals surface area contributed by atoms with E-state index in [0.29, 0.717) is 24.0 Å². The van der Waals surface area contributed by atoms with Gasteiger partial charge >= 0.3 is 0 Å². The Balaban J connectivity index is 1.89. The number of hydrogen-bond acceptors (Lipinski definition) is 6. The van der Waals surface area contributed by atoms with Gasteiger partial charge in [0.2, 0.25) is 5.91 Å². The maximum absolute atomic E-state index is 12.8. The van der Waals surface area contributed by atoms with Crippen molar-refractivity contribution in [2.45, 2.75) is 30.7 Å². The smallest absolute Gasteiger partial charge is 0.225 e. The van der Waals surface area contributed by atoms with Gasteiger partial charge in [-0.15, -0.1) is 0 Å². The zero-order valence-corrected chi connectivity index (χ0v) is 16.1. The zero-order chi connectivity index (χ0) is 19.6. The topological polar surface area (TPSA) is 103 Å². The highest BCUT2D eigenvalue weighted by Gasteiger charge is 2.53. The molecule has 0 bridgehead atoms. The number of aliphatic hydroxyl groups is 2. The largest absolute Gasteiger partial charge is 0.497 e.